The van der Waals surface area contributed by atoms with E-state index >= 15 is 0 Å². The minimum Gasteiger partial charge on any atom is -0.480 e. The molecule has 0 aromatic heterocycles. The lowest BCUT2D eigenvalue weighted by Crippen LogP contribution is -2.66. The first-order chi connectivity index (χ1) is 20.0. The Bertz CT molecular complexity index is 1430. The average Bonchev–Trinajstić information content (AvgIpc) is 3.31. The van der Waals surface area contributed by atoms with Crippen molar-refractivity contribution in [3.05, 3.63) is 144 Å². The standard InChI is InChI=1S/C35H32N2O4/c38-33(30(24-13-5-1-6-14-24)25-15-7-2-8-16-25)36-23-28-21-22-29(32(36)35(40)41)37(28)34(39)31(26-17-9-3-10-18-26)27-19-11-4-12-20-27/h1-20,28-32H,21-23H2,(H,40,41)/t28-,29+,32-/m1/s1. The molecule has 6 nitrogen and oxygen atoms in total. The van der Waals surface area contributed by atoms with Crippen molar-refractivity contribution in [1.82, 2.24) is 9.80 Å². The van der Waals surface area contributed by atoms with Crippen LogP contribution in [0, 0.1) is 0 Å². The molecule has 6 heteroatoms. The average molecular weight is 545 g/mol. The molecule has 0 spiro atoms. The second-order valence-electron chi connectivity index (χ2n) is 10.8. The number of carboxylic acids is 1. The van der Waals surface area contributed by atoms with E-state index in [1.54, 1.807) is 4.90 Å². The molecular formula is C35H32N2O4. The van der Waals surface area contributed by atoms with Crippen molar-refractivity contribution < 1.29 is 19.5 Å². The van der Waals surface area contributed by atoms with E-state index in [-0.39, 0.29) is 24.4 Å². The largest absolute Gasteiger partial charge is 0.480 e. The third-order valence-electron chi connectivity index (χ3n) is 8.47. The molecule has 0 radical (unpaired) electrons. The van der Waals surface area contributed by atoms with Gasteiger partial charge in [-0.15, -0.1) is 0 Å². The molecule has 6 rings (SSSR count). The zero-order valence-corrected chi connectivity index (χ0v) is 22.6. The summed E-state index contributed by atoms with van der Waals surface area (Å²) in [7, 11) is 0. The maximum Gasteiger partial charge on any atom is 0.328 e. The highest BCUT2D eigenvalue weighted by atomic mass is 16.4. The number of amides is 2. The van der Waals surface area contributed by atoms with Crippen molar-refractivity contribution in [1.29, 1.82) is 0 Å². The second-order valence-corrected chi connectivity index (χ2v) is 10.8. The minimum absolute atomic E-state index is 0.115. The Hall–Kier alpha value is -4.71. The molecule has 4 aromatic rings. The lowest BCUT2D eigenvalue weighted by molar-refractivity contribution is -0.161. The van der Waals surface area contributed by atoms with Gasteiger partial charge in [-0.25, -0.2) is 4.79 Å². The van der Waals surface area contributed by atoms with Gasteiger partial charge in [-0.1, -0.05) is 121 Å². The van der Waals surface area contributed by atoms with Gasteiger partial charge in [0.1, 0.15) is 6.04 Å². The summed E-state index contributed by atoms with van der Waals surface area (Å²) in [5, 5.41) is 10.5. The van der Waals surface area contributed by atoms with Gasteiger partial charge < -0.3 is 14.9 Å². The number of carboxylic acid groups (broad SMARTS) is 1. The minimum atomic E-state index is -1.13. The van der Waals surface area contributed by atoms with Crippen LogP contribution in [0.2, 0.25) is 0 Å². The van der Waals surface area contributed by atoms with E-state index < -0.39 is 29.9 Å². The van der Waals surface area contributed by atoms with E-state index in [1.807, 2.05) is 121 Å². The van der Waals surface area contributed by atoms with Crippen molar-refractivity contribution in [3.8, 4) is 0 Å². The molecule has 0 aliphatic carbocycles. The molecule has 2 heterocycles. The summed E-state index contributed by atoms with van der Waals surface area (Å²) >= 11 is 0. The number of likely N-dealkylation sites (tertiary alicyclic amines) is 1. The Labute approximate surface area is 239 Å². The highest BCUT2D eigenvalue weighted by Crippen LogP contribution is 2.40. The van der Waals surface area contributed by atoms with Crippen LogP contribution in [0.15, 0.2) is 121 Å². The second kappa shape index (κ2) is 11.4. The SMILES string of the molecule is O=C(O)[C@H]1[C@@H]2CC[C@H](CN1C(=O)C(c1ccccc1)c1ccccc1)N2C(=O)C(c1ccccc1)c1ccccc1. The topological polar surface area (TPSA) is 77.9 Å². The highest BCUT2D eigenvalue weighted by Gasteiger charge is 2.54. The summed E-state index contributed by atoms with van der Waals surface area (Å²) in [6.45, 7) is 0.185. The van der Waals surface area contributed by atoms with Gasteiger partial charge in [0.2, 0.25) is 11.8 Å². The molecule has 2 saturated heterocycles. The fourth-order valence-electron chi connectivity index (χ4n) is 6.67. The molecule has 41 heavy (non-hydrogen) atoms. The van der Waals surface area contributed by atoms with Crippen molar-refractivity contribution in [2.45, 2.75) is 42.8 Å². The Morgan fingerprint density at radius 2 is 0.976 bits per heavy atom. The lowest BCUT2D eigenvalue weighted by Gasteiger charge is -2.47. The van der Waals surface area contributed by atoms with Gasteiger partial charge in [0.05, 0.1) is 17.9 Å². The molecule has 2 bridgehead atoms. The summed E-state index contributed by atoms with van der Waals surface area (Å²) in [5.41, 5.74) is 3.35. The summed E-state index contributed by atoms with van der Waals surface area (Å²) in [6.07, 6.45) is 1.19. The first-order valence-corrected chi connectivity index (χ1v) is 14.1. The summed E-state index contributed by atoms with van der Waals surface area (Å²) in [5.74, 6) is -2.64. The summed E-state index contributed by atoms with van der Waals surface area (Å²) in [6, 6.07) is 36.2. The number of carbonyl (C=O) groups excluding carboxylic acids is 2. The number of hydrogen-bond acceptors (Lipinski definition) is 3. The predicted molar refractivity (Wildman–Crippen MR) is 156 cm³/mol. The smallest absolute Gasteiger partial charge is 0.328 e. The van der Waals surface area contributed by atoms with Gasteiger partial charge in [-0.05, 0) is 35.1 Å². The molecule has 4 aromatic carbocycles. The van der Waals surface area contributed by atoms with E-state index in [2.05, 4.69) is 0 Å². The predicted octanol–water partition coefficient (Wildman–Crippen LogP) is 5.31. The molecule has 206 valence electrons. The Morgan fingerprint density at radius 1 is 0.585 bits per heavy atom. The van der Waals surface area contributed by atoms with Crippen molar-refractivity contribution in [2.75, 3.05) is 6.54 Å². The van der Waals surface area contributed by atoms with Gasteiger partial charge in [-0.3, -0.25) is 9.59 Å². The van der Waals surface area contributed by atoms with Crippen LogP contribution < -0.4 is 0 Å². The summed E-state index contributed by atoms with van der Waals surface area (Å²) in [4.78, 5) is 45.0. The van der Waals surface area contributed by atoms with Crippen molar-refractivity contribution in [3.63, 3.8) is 0 Å². The normalized spacial score (nSPS) is 19.9. The highest BCUT2D eigenvalue weighted by molar-refractivity contribution is 5.93. The number of fused-ring (bicyclic) bond motifs is 2. The number of benzene rings is 4. The van der Waals surface area contributed by atoms with Gasteiger partial charge >= 0.3 is 5.97 Å². The summed E-state index contributed by atoms with van der Waals surface area (Å²) < 4.78 is 0. The zero-order chi connectivity index (χ0) is 28.3. The maximum atomic E-state index is 14.4. The number of hydrogen-bond donors (Lipinski definition) is 1. The van der Waals surface area contributed by atoms with Crippen LogP contribution in [0.25, 0.3) is 0 Å². The fraction of sp³-hybridized carbons (Fsp3) is 0.229. The molecule has 2 aliphatic rings. The van der Waals surface area contributed by atoms with Gasteiger partial charge in [0.25, 0.3) is 0 Å². The Kier molecular flexibility index (Phi) is 7.38. The van der Waals surface area contributed by atoms with E-state index in [1.165, 1.54) is 4.90 Å². The number of piperazine rings is 1. The number of aliphatic carboxylic acids is 1. The van der Waals surface area contributed by atoms with Gasteiger partial charge in [0, 0.05) is 12.6 Å². The van der Waals surface area contributed by atoms with Crippen LogP contribution in [0.3, 0.4) is 0 Å². The lowest BCUT2D eigenvalue weighted by atomic mass is 9.87. The van der Waals surface area contributed by atoms with Crippen LogP contribution >= 0.6 is 0 Å². The van der Waals surface area contributed by atoms with E-state index in [9.17, 15) is 19.5 Å². The molecule has 0 saturated carbocycles. The van der Waals surface area contributed by atoms with Crippen LogP contribution in [0.5, 0.6) is 0 Å². The third-order valence-corrected chi connectivity index (χ3v) is 8.47. The quantitative estimate of drug-likeness (QED) is 0.342. The molecule has 2 amide bonds. The first-order valence-electron chi connectivity index (χ1n) is 14.1. The van der Waals surface area contributed by atoms with Crippen molar-refractivity contribution in [2.24, 2.45) is 0 Å². The molecule has 0 unspecified atom stereocenters. The molecule has 3 atom stereocenters. The zero-order valence-electron chi connectivity index (χ0n) is 22.6. The third kappa shape index (κ3) is 5.02. The molecule has 2 fully saturated rings. The monoisotopic (exact) mass is 544 g/mol. The van der Waals surface area contributed by atoms with Crippen LogP contribution in [0.1, 0.15) is 46.9 Å². The van der Waals surface area contributed by atoms with Crippen molar-refractivity contribution >= 4 is 17.8 Å². The van der Waals surface area contributed by atoms with E-state index in [0.29, 0.717) is 12.8 Å². The molecular weight excluding hydrogens is 512 g/mol. The van der Waals surface area contributed by atoms with Gasteiger partial charge in [0.15, 0.2) is 0 Å². The Morgan fingerprint density at radius 3 is 1.37 bits per heavy atom. The first kappa shape index (κ1) is 26.5. The van der Waals surface area contributed by atoms with Crippen LogP contribution in [-0.4, -0.2) is 57.4 Å². The van der Waals surface area contributed by atoms with E-state index in [0.717, 1.165) is 22.3 Å². The molecule has 1 N–H and O–H groups in total. The molecule has 2 aliphatic heterocycles. The number of carbonyl (C=O) groups is 3. The Balaban J connectivity index is 1.36. The fourth-order valence-corrected chi connectivity index (χ4v) is 6.67. The number of rotatable bonds is 7. The van der Waals surface area contributed by atoms with Crippen LogP contribution in [0.4, 0.5) is 0 Å². The van der Waals surface area contributed by atoms with Crippen LogP contribution in [-0.2, 0) is 14.4 Å². The number of nitrogens with zero attached hydrogens (tertiary/aromatic N) is 2. The van der Waals surface area contributed by atoms with Gasteiger partial charge in [-0.2, -0.15) is 0 Å². The van der Waals surface area contributed by atoms with E-state index in [4.69, 9.17) is 0 Å². The maximum absolute atomic E-state index is 14.4.